The molecule has 0 unspecified atom stereocenters. The van der Waals surface area contributed by atoms with Gasteiger partial charge in [-0.05, 0) is 44.2 Å². The highest BCUT2D eigenvalue weighted by Gasteiger charge is 2.40. The van der Waals surface area contributed by atoms with Crippen molar-refractivity contribution < 1.29 is 14.3 Å². The van der Waals surface area contributed by atoms with Crippen LogP contribution in [-0.2, 0) is 14.3 Å². The van der Waals surface area contributed by atoms with E-state index >= 15 is 0 Å². The molecule has 0 N–H and O–H groups in total. The third-order valence-electron chi connectivity index (χ3n) is 5.57. The summed E-state index contributed by atoms with van der Waals surface area (Å²) in [6.07, 6.45) is 7.54. The normalized spacial score (nSPS) is 29.0. The summed E-state index contributed by atoms with van der Waals surface area (Å²) >= 11 is 0. The number of likely N-dealkylation sites (tertiary alicyclic amines) is 1. The zero-order chi connectivity index (χ0) is 17.1. The van der Waals surface area contributed by atoms with E-state index in [1.54, 1.807) is 0 Å². The Bertz CT molecular complexity index is 577. The van der Waals surface area contributed by atoms with Crippen LogP contribution in [0.25, 0.3) is 0 Å². The number of amides is 1. The van der Waals surface area contributed by atoms with Crippen molar-refractivity contribution in [1.82, 2.24) is 9.88 Å². The Hall–Kier alpha value is -1.66. The Morgan fingerprint density at radius 2 is 2.08 bits per heavy atom. The molecule has 3 fully saturated rings. The molecule has 0 aromatic carbocycles. The van der Waals surface area contributed by atoms with Crippen LogP contribution in [0.4, 0.5) is 5.82 Å². The van der Waals surface area contributed by atoms with Gasteiger partial charge in [-0.15, -0.1) is 0 Å². The second-order valence-corrected chi connectivity index (χ2v) is 7.21. The molecule has 25 heavy (non-hydrogen) atoms. The van der Waals surface area contributed by atoms with E-state index in [9.17, 15) is 4.79 Å². The van der Waals surface area contributed by atoms with Crippen LogP contribution in [0.15, 0.2) is 24.4 Å². The summed E-state index contributed by atoms with van der Waals surface area (Å²) in [6, 6.07) is 6.47. The molecule has 1 aromatic rings. The summed E-state index contributed by atoms with van der Waals surface area (Å²) in [6.45, 7) is 3.47. The van der Waals surface area contributed by atoms with E-state index in [2.05, 4.69) is 16.0 Å². The van der Waals surface area contributed by atoms with Crippen molar-refractivity contribution in [1.29, 1.82) is 0 Å². The minimum absolute atomic E-state index is 0.108. The molecule has 3 aliphatic heterocycles. The fraction of sp³-hybridized carbons (Fsp3) is 0.684. The van der Waals surface area contributed by atoms with Gasteiger partial charge in [0.25, 0.3) is 0 Å². The van der Waals surface area contributed by atoms with E-state index in [0.717, 1.165) is 57.6 Å². The van der Waals surface area contributed by atoms with Crippen LogP contribution in [0, 0.1) is 0 Å². The van der Waals surface area contributed by atoms with Gasteiger partial charge in [-0.1, -0.05) is 6.07 Å². The van der Waals surface area contributed by atoms with Crippen molar-refractivity contribution in [2.45, 2.75) is 50.4 Å². The Labute approximate surface area is 149 Å². The average molecular weight is 345 g/mol. The number of aromatic nitrogens is 1. The number of ether oxygens (including phenoxy) is 2. The van der Waals surface area contributed by atoms with Gasteiger partial charge < -0.3 is 19.3 Å². The van der Waals surface area contributed by atoms with Crippen LogP contribution in [0.5, 0.6) is 0 Å². The van der Waals surface area contributed by atoms with Crippen LogP contribution < -0.4 is 4.90 Å². The number of nitrogens with zero attached hydrogens (tertiary/aromatic N) is 3. The predicted molar refractivity (Wildman–Crippen MR) is 94.5 cm³/mol. The maximum absolute atomic E-state index is 12.0. The van der Waals surface area contributed by atoms with Crippen LogP contribution in [-0.4, -0.2) is 66.9 Å². The van der Waals surface area contributed by atoms with Gasteiger partial charge in [0.1, 0.15) is 12.4 Å². The quantitative estimate of drug-likeness (QED) is 0.815. The molecule has 3 atom stereocenters. The summed E-state index contributed by atoms with van der Waals surface area (Å²) in [5, 5.41) is 0. The lowest BCUT2D eigenvalue weighted by molar-refractivity contribution is -0.138. The number of carbonyl (C=O) groups is 1. The minimum Gasteiger partial charge on any atom is -0.370 e. The second kappa shape index (κ2) is 7.70. The summed E-state index contributed by atoms with van der Waals surface area (Å²) < 4.78 is 11.9. The minimum atomic E-state index is 0.108. The highest BCUT2D eigenvalue weighted by Crippen LogP contribution is 2.34. The van der Waals surface area contributed by atoms with Crippen molar-refractivity contribution in [3.8, 4) is 0 Å². The molecule has 6 nitrogen and oxygen atoms in total. The zero-order valence-corrected chi connectivity index (χ0v) is 14.7. The highest BCUT2D eigenvalue weighted by atomic mass is 16.5. The van der Waals surface area contributed by atoms with Crippen molar-refractivity contribution in [3.63, 3.8) is 0 Å². The highest BCUT2D eigenvalue weighted by molar-refractivity contribution is 5.77. The molecule has 4 rings (SSSR count). The summed E-state index contributed by atoms with van der Waals surface area (Å²) in [4.78, 5) is 20.8. The number of rotatable bonds is 5. The summed E-state index contributed by atoms with van der Waals surface area (Å²) in [5.74, 6) is 1.16. The van der Waals surface area contributed by atoms with Gasteiger partial charge in [0.2, 0.25) is 5.91 Å². The molecule has 136 valence electrons. The smallest absolute Gasteiger partial charge is 0.248 e. The third-order valence-corrected chi connectivity index (χ3v) is 5.57. The summed E-state index contributed by atoms with van der Waals surface area (Å²) in [5.41, 5.74) is 0. The Morgan fingerprint density at radius 1 is 1.20 bits per heavy atom. The molecule has 1 amide bonds. The van der Waals surface area contributed by atoms with Crippen molar-refractivity contribution in [3.05, 3.63) is 24.4 Å². The molecule has 0 spiro atoms. The van der Waals surface area contributed by atoms with E-state index in [4.69, 9.17) is 9.47 Å². The molecule has 0 saturated carbocycles. The number of hydrogen-bond acceptors (Lipinski definition) is 5. The number of fused-ring (bicyclic) bond motifs is 1. The fourth-order valence-corrected chi connectivity index (χ4v) is 4.26. The van der Waals surface area contributed by atoms with E-state index < -0.39 is 0 Å². The number of pyridine rings is 1. The third kappa shape index (κ3) is 3.80. The maximum Gasteiger partial charge on any atom is 0.248 e. The summed E-state index contributed by atoms with van der Waals surface area (Å²) in [7, 11) is 0. The van der Waals surface area contributed by atoms with Crippen LogP contribution in [0.1, 0.15) is 32.1 Å². The lowest BCUT2D eigenvalue weighted by Crippen LogP contribution is -2.44. The molecule has 0 radical (unpaired) electrons. The molecule has 0 bridgehead atoms. The van der Waals surface area contributed by atoms with E-state index in [1.165, 1.54) is 0 Å². The molecule has 0 aliphatic carbocycles. The molecule has 3 aliphatic rings. The number of carbonyl (C=O) groups excluding carboxylic acids is 1. The Morgan fingerprint density at radius 3 is 2.88 bits per heavy atom. The zero-order valence-electron chi connectivity index (χ0n) is 14.7. The van der Waals surface area contributed by atoms with Gasteiger partial charge >= 0.3 is 0 Å². The van der Waals surface area contributed by atoms with E-state index in [1.807, 2.05) is 23.2 Å². The number of hydrogen-bond donors (Lipinski definition) is 0. The van der Waals surface area contributed by atoms with Crippen molar-refractivity contribution in [2.75, 3.05) is 37.7 Å². The fourth-order valence-electron chi connectivity index (χ4n) is 4.26. The monoisotopic (exact) mass is 345 g/mol. The van der Waals surface area contributed by atoms with Crippen LogP contribution in [0.2, 0.25) is 0 Å². The first-order chi connectivity index (χ1) is 12.3. The first-order valence-corrected chi connectivity index (χ1v) is 9.50. The van der Waals surface area contributed by atoms with Gasteiger partial charge in [-0.25, -0.2) is 4.98 Å². The average Bonchev–Trinajstić information content (AvgIpc) is 3.32. The standard InChI is InChI=1S/C19H27N3O3/c23-19(21-10-3-4-11-21)14-24-13-15-6-7-16-17(25-15)8-12-22(16)18-5-1-2-9-20-18/h1-2,5,9,15-17H,3-4,6-8,10-14H2/t15-,16+,17+/m0/s1. The lowest BCUT2D eigenvalue weighted by atomic mass is 9.99. The number of anilines is 1. The van der Waals surface area contributed by atoms with Gasteiger partial charge in [-0.3, -0.25) is 4.79 Å². The molecule has 3 saturated heterocycles. The lowest BCUT2D eigenvalue weighted by Gasteiger charge is -2.36. The SMILES string of the molecule is O=C(COC[C@@H]1CC[C@@H]2[C@@H](CCN2c2ccccn2)O1)N1CCCC1. The van der Waals surface area contributed by atoms with E-state index in [0.29, 0.717) is 12.6 Å². The van der Waals surface area contributed by atoms with Gasteiger partial charge in [0.15, 0.2) is 0 Å². The van der Waals surface area contributed by atoms with Crippen molar-refractivity contribution >= 4 is 11.7 Å². The first-order valence-electron chi connectivity index (χ1n) is 9.50. The molecular formula is C19H27N3O3. The van der Waals surface area contributed by atoms with Crippen molar-refractivity contribution in [2.24, 2.45) is 0 Å². The van der Waals surface area contributed by atoms with Gasteiger partial charge in [-0.2, -0.15) is 0 Å². The van der Waals surface area contributed by atoms with Crippen LogP contribution >= 0.6 is 0 Å². The van der Waals surface area contributed by atoms with E-state index in [-0.39, 0.29) is 24.7 Å². The topological polar surface area (TPSA) is 54.9 Å². The largest absolute Gasteiger partial charge is 0.370 e. The predicted octanol–water partition coefficient (Wildman–Crippen LogP) is 1.85. The first kappa shape index (κ1) is 16.8. The van der Waals surface area contributed by atoms with Crippen LogP contribution in [0.3, 0.4) is 0 Å². The second-order valence-electron chi connectivity index (χ2n) is 7.21. The molecule has 4 heterocycles. The molecule has 1 aromatic heterocycles. The maximum atomic E-state index is 12.0. The Balaban J connectivity index is 1.23. The van der Waals surface area contributed by atoms with Gasteiger partial charge in [0, 0.05) is 25.8 Å². The molecule has 6 heteroatoms. The van der Waals surface area contributed by atoms with Gasteiger partial charge in [0.05, 0.1) is 24.9 Å². The Kier molecular flexibility index (Phi) is 5.17. The molecular weight excluding hydrogens is 318 g/mol.